The highest BCUT2D eigenvalue weighted by molar-refractivity contribution is 8.26. The van der Waals surface area contributed by atoms with Crippen molar-refractivity contribution in [3.63, 3.8) is 0 Å². The first-order valence-electron chi connectivity index (χ1n) is 9.82. The van der Waals surface area contributed by atoms with Gasteiger partial charge in [-0.2, -0.15) is 0 Å². The molecule has 4 rings (SSSR count). The molecule has 1 fully saturated rings. The summed E-state index contributed by atoms with van der Waals surface area (Å²) in [6.07, 6.45) is 2.51. The van der Waals surface area contributed by atoms with Crippen LogP contribution in [0.15, 0.2) is 64.9 Å². The molecule has 1 aromatic heterocycles. The van der Waals surface area contributed by atoms with Crippen molar-refractivity contribution in [2.24, 2.45) is 0 Å². The van der Waals surface area contributed by atoms with E-state index in [1.54, 1.807) is 12.1 Å². The Bertz CT molecular complexity index is 1190. The third-order valence-corrected chi connectivity index (χ3v) is 7.15. The van der Waals surface area contributed by atoms with Gasteiger partial charge in [0.1, 0.15) is 4.32 Å². The van der Waals surface area contributed by atoms with Crippen molar-refractivity contribution < 1.29 is 9.59 Å². The van der Waals surface area contributed by atoms with Gasteiger partial charge in [-0.3, -0.25) is 14.5 Å². The number of thioether (sulfide) groups is 1. The molecular formula is C23H18ClN3O2S3. The number of hydrogen-bond donors (Lipinski definition) is 1. The number of halogens is 1. The van der Waals surface area contributed by atoms with E-state index in [1.165, 1.54) is 28.0 Å². The zero-order chi connectivity index (χ0) is 22.5. The highest BCUT2D eigenvalue weighted by atomic mass is 35.5. The van der Waals surface area contributed by atoms with E-state index < -0.39 is 0 Å². The second kappa shape index (κ2) is 10.4. The summed E-state index contributed by atoms with van der Waals surface area (Å²) in [6.45, 7) is 0.380. The lowest BCUT2D eigenvalue weighted by Gasteiger charge is -2.13. The summed E-state index contributed by atoms with van der Waals surface area (Å²) in [5, 5.41) is 5.88. The van der Waals surface area contributed by atoms with E-state index in [4.69, 9.17) is 23.8 Å². The Morgan fingerprint density at radius 2 is 1.91 bits per heavy atom. The van der Waals surface area contributed by atoms with E-state index in [2.05, 4.69) is 10.3 Å². The fourth-order valence-corrected chi connectivity index (χ4v) is 5.30. The minimum Gasteiger partial charge on any atom is -0.302 e. The topological polar surface area (TPSA) is 62.3 Å². The molecule has 0 atom stereocenters. The molecular weight excluding hydrogens is 482 g/mol. The maximum Gasteiger partial charge on any atom is 0.266 e. The van der Waals surface area contributed by atoms with Crippen LogP contribution >= 0.6 is 46.9 Å². The van der Waals surface area contributed by atoms with Crippen LogP contribution in [0.3, 0.4) is 0 Å². The summed E-state index contributed by atoms with van der Waals surface area (Å²) in [6, 6.07) is 17.1. The molecule has 0 saturated carbocycles. The number of aromatic nitrogens is 1. The molecule has 1 aliphatic heterocycles. The second-order valence-electron chi connectivity index (χ2n) is 6.91. The van der Waals surface area contributed by atoms with Crippen LogP contribution in [-0.4, -0.2) is 32.6 Å². The van der Waals surface area contributed by atoms with E-state index in [0.29, 0.717) is 32.3 Å². The number of hydrogen-bond acceptors (Lipinski definition) is 6. The number of thiocarbonyl (C=S) groups is 1. The number of benzene rings is 2. The van der Waals surface area contributed by atoms with Gasteiger partial charge in [-0.25, -0.2) is 4.98 Å². The Morgan fingerprint density at radius 3 is 2.69 bits per heavy atom. The normalized spacial score (nSPS) is 14.9. The van der Waals surface area contributed by atoms with Crippen LogP contribution in [-0.2, 0) is 9.59 Å². The minimum absolute atomic E-state index is 0.143. The largest absolute Gasteiger partial charge is 0.302 e. The number of amides is 2. The molecule has 0 aliphatic carbocycles. The number of carbonyl (C=O) groups is 2. The van der Waals surface area contributed by atoms with Gasteiger partial charge in [0.15, 0.2) is 5.13 Å². The van der Waals surface area contributed by atoms with Crippen LogP contribution in [0.25, 0.3) is 17.3 Å². The monoisotopic (exact) mass is 499 g/mol. The predicted octanol–water partition coefficient (Wildman–Crippen LogP) is 6.08. The van der Waals surface area contributed by atoms with Gasteiger partial charge in [0.2, 0.25) is 5.91 Å². The Labute approximate surface area is 204 Å². The first-order chi connectivity index (χ1) is 15.5. The molecule has 1 N–H and O–H groups in total. The van der Waals surface area contributed by atoms with Crippen LogP contribution < -0.4 is 5.32 Å². The lowest BCUT2D eigenvalue weighted by molar-refractivity contribution is -0.122. The summed E-state index contributed by atoms with van der Waals surface area (Å²) in [4.78, 5) is 31.6. The van der Waals surface area contributed by atoms with E-state index in [0.717, 1.165) is 16.8 Å². The molecule has 1 saturated heterocycles. The average molecular weight is 500 g/mol. The highest BCUT2D eigenvalue weighted by Crippen LogP contribution is 2.34. The van der Waals surface area contributed by atoms with E-state index >= 15 is 0 Å². The smallest absolute Gasteiger partial charge is 0.266 e. The highest BCUT2D eigenvalue weighted by Gasteiger charge is 2.31. The quantitative estimate of drug-likeness (QED) is 0.315. The van der Waals surface area contributed by atoms with E-state index in [1.807, 2.05) is 53.9 Å². The molecule has 0 bridgehead atoms. The van der Waals surface area contributed by atoms with E-state index in [-0.39, 0.29) is 18.2 Å². The Kier molecular flexibility index (Phi) is 7.36. The number of thiazole rings is 1. The molecule has 0 unspecified atom stereocenters. The molecule has 0 radical (unpaired) electrons. The fourth-order valence-electron chi connectivity index (χ4n) is 3.08. The SMILES string of the molecule is O=C(CCCN1C(=O)C(=Cc2ccccc2Cl)SC1=S)Nc1nc(-c2ccccc2)cs1. The lowest BCUT2D eigenvalue weighted by atomic mass is 10.2. The number of rotatable bonds is 7. The summed E-state index contributed by atoms with van der Waals surface area (Å²) < 4.78 is 0.487. The second-order valence-corrected chi connectivity index (χ2v) is 9.85. The third kappa shape index (κ3) is 5.45. The summed E-state index contributed by atoms with van der Waals surface area (Å²) in [5.74, 6) is -0.302. The van der Waals surface area contributed by atoms with Gasteiger partial charge in [0, 0.05) is 28.9 Å². The van der Waals surface area contributed by atoms with Gasteiger partial charge in [-0.1, -0.05) is 84.1 Å². The van der Waals surface area contributed by atoms with E-state index in [9.17, 15) is 9.59 Å². The minimum atomic E-state index is -0.159. The standard InChI is InChI=1S/C23H18ClN3O2S3/c24-17-10-5-4-9-16(17)13-19-21(29)27(23(30)32-19)12-6-11-20(28)26-22-25-18(14-31-22)15-7-2-1-3-8-15/h1-5,7-10,13-14H,6,11-12H2,(H,25,26,28). The number of carbonyl (C=O) groups excluding carboxylic acids is 2. The molecule has 9 heteroatoms. The van der Waals surface area contributed by atoms with Gasteiger partial charge >= 0.3 is 0 Å². The van der Waals surface area contributed by atoms with Crippen LogP contribution in [0.1, 0.15) is 18.4 Å². The van der Waals surface area contributed by atoms with Gasteiger partial charge in [-0.05, 0) is 24.1 Å². The molecule has 2 aromatic carbocycles. The maximum absolute atomic E-state index is 12.7. The number of nitrogens with zero attached hydrogens (tertiary/aromatic N) is 2. The third-order valence-electron chi connectivity index (χ3n) is 4.67. The first-order valence-corrected chi connectivity index (χ1v) is 12.3. The van der Waals surface area contributed by atoms with Gasteiger partial charge in [-0.15, -0.1) is 11.3 Å². The number of nitrogens with one attached hydrogen (secondary N) is 1. The maximum atomic E-state index is 12.7. The molecule has 2 amide bonds. The molecule has 162 valence electrons. The van der Waals surface area contributed by atoms with Crippen molar-refractivity contribution in [3.05, 3.63) is 75.5 Å². The first kappa shape index (κ1) is 22.7. The van der Waals surface area contributed by atoms with Crippen molar-refractivity contribution in [3.8, 4) is 11.3 Å². The molecule has 3 aromatic rings. The average Bonchev–Trinajstić information content (AvgIpc) is 3.36. The van der Waals surface area contributed by atoms with Crippen LogP contribution in [0, 0.1) is 0 Å². The Morgan fingerprint density at radius 1 is 1.16 bits per heavy atom. The van der Waals surface area contributed by atoms with Crippen molar-refractivity contribution in [2.45, 2.75) is 12.8 Å². The van der Waals surface area contributed by atoms with Crippen molar-refractivity contribution in [1.29, 1.82) is 0 Å². The fraction of sp³-hybridized carbons (Fsp3) is 0.130. The Hall–Kier alpha value is -2.52. The molecule has 32 heavy (non-hydrogen) atoms. The summed E-state index contributed by atoms with van der Waals surface area (Å²) in [5.41, 5.74) is 2.60. The van der Waals surface area contributed by atoms with Gasteiger partial charge < -0.3 is 5.32 Å². The van der Waals surface area contributed by atoms with Crippen LogP contribution in [0.5, 0.6) is 0 Å². The molecule has 1 aliphatic rings. The predicted molar refractivity (Wildman–Crippen MR) is 137 cm³/mol. The molecule has 2 heterocycles. The molecule has 0 spiro atoms. The zero-order valence-corrected chi connectivity index (χ0v) is 20.0. The number of anilines is 1. The van der Waals surface area contributed by atoms with Crippen LogP contribution in [0.2, 0.25) is 5.02 Å². The zero-order valence-electron chi connectivity index (χ0n) is 16.8. The lowest BCUT2D eigenvalue weighted by Crippen LogP contribution is -2.29. The summed E-state index contributed by atoms with van der Waals surface area (Å²) in [7, 11) is 0. The van der Waals surface area contributed by atoms with Gasteiger partial charge in [0.25, 0.3) is 5.91 Å². The summed E-state index contributed by atoms with van der Waals surface area (Å²) >= 11 is 14.2. The van der Waals surface area contributed by atoms with Gasteiger partial charge in [0.05, 0.1) is 10.6 Å². The van der Waals surface area contributed by atoms with Crippen LogP contribution in [0.4, 0.5) is 5.13 Å². The molecule has 5 nitrogen and oxygen atoms in total. The Balaban J connectivity index is 1.29. The van der Waals surface area contributed by atoms with Crippen molar-refractivity contribution in [2.75, 3.05) is 11.9 Å². The van der Waals surface area contributed by atoms with Crippen molar-refractivity contribution in [1.82, 2.24) is 9.88 Å². The van der Waals surface area contributed by atoms with Crippen molar-refractivity contribution >= 4 is 74.3 Å².